The number of carbonyl (C=O) groups is 1. The third kappa shape index (κ3) is 1.49. The summed E-state index contributed by atoms with van der Waals surface area (Å²) in [6.45, 7) is 8.21. The van der Waals surface area contributed by atoms with E-state index in [1.165, 1.54) is 0 Å². The highest BCUT2D eigenvalue weighted by Gasteiger charge is 2.66. The van der Waals surface area contributed by atoms with Crippen molar-refractivity contribution in [2.75, 3.05) is 0 Å². The zero-order chi connectivity index (χ0) is 13.3. The summed E-state index contributed by atoms with van der Waals surface area (Å²) >= 11 is 0. The Morgan fingerprint density at radius 1 is 1.39 bits per heavy atom. The Morgan fingerprint density at radius 3 is 2.44 bits per heavy atom. The molecule has 3 rings (SSSR count). The average Bonchev–Trinajstić information content (AvgIpc) is 2.93. The van der Waals surface area contributed by atoms with Gasteiger partial charge in [-0.25, -0.2) is 0 Å². The molecular weight excluding hydrogens is 232 g/mol. The largest absolute Gasteiger partial charge is 0.481 e. The molecule has 0 saturated heterocycles. The molecule has 0 bridgehead atoms. The van der Waals surface area contributed by atoms with Crippen LogP contribution in [0.1, 0.15) is 57.7 Å². The Bertz CT molecular complexity index is 518. The summed E-state index contributed by atoms with van der Waals surface area (Å²) in [5.41, 5.74) is -0.0267. The van der Waals surface area contributed by atoms with Crippen molar-refractivity contribution in [2.24, 2.45) is 16.7 Å². The minimum Gasteiger partial charge on any atom is -0.481 e. The molecule has 2 aliphatic carbocycles. The monoisotopic (exact) mass is 250 g/mol. The SMILES string of the molecule is CC1(C)CC1c1noc(C2C(C(=O)O)C2(C)C)n1. The lowest BCUT2D eigenvalue weighted by Crippen LogP contribution is -2.03. The van der Waals surface area contributed by atoms with Gasteiger partial charge < -0.3 is 9.63 Å². The predicted molar refractivity (Wildman–Crippen MR) is 63.1 cm³/mol. The van der Waals surface area contributed by atoms with E-state index in [1.807, 2.05) is 13.8 Å². The van der Waals surface area contributed by atoms with Gasteiger partial charge in [0.1, 0.15) is 0 Å². The summed E-state index contributed by atoms with van der Waals surface area (Å²) in [6, 6.07) is 0. The maximum atomic E-state index is 11.1. The average molecular weight is 250 g/mol. The van der Waals surface area contributed by atoms with E-state index in [1.54, 1.807) is 0 Å². The third-order valence-corrected chi connectivity index (χ3v) is 4.64. The van der Waals surface area contributed by atoms with Crippen LogP contribution in [-0.2, 0) is 4.79 Å². The molecule has 3 unspecified atom stereocenters. The Balaban J connectivity index is 1.81. The lowest BCUT2D eigenvalue weighted by atomic mass is 10.1. The number of aromatic nitrogens is 2. The summed E-state index contributed by atoms with van der Waals surface area (Å²) in [7, 11) is 0. The van der Waals surface area contributed by atoms with Crippen LogP contribution in [0.25, 0.3) is 0 Å². The van der Waals surface area contributed by atoms with Crippen LogP contribution in [-0.4, -0.2) is 21.2 Å². The zero-order valence-electron chi connectivity index (χ0n) is 11.1. The lowest BCUT2D eigenvalue weighted by Gasteiger charge is -1.97. The number of hydrogen-bond donors (Lipinski definition) is 1. The van der Waals surface area contributed by atoms with E-state index in [-0.39, 0.29) is 16.7 Å². The maximum absolute atomic E-state index is 11.1. The van der Waals surface area contributed by atoms with Crippen LogP contribution in [0.15, 0.2) is 4.52 Å². The van der Waals surface area contributed by atoms with Crippen molar-refractivity contribution >= 4 is 5.97 Å². The van der Waals surface area contributed by atoms with Crippen LogP contribution in [0.3, 0.4) is 0 Å². The first-order valence-electron chi connectivity index (χ1n) is 6.31. The van der Waals surface area contributed by atoms with Gasteiger partial charge in [0, 0.05) is 5.92 Å². The van der Waals surface area contributed by atoms with Crippen LogP contribution < -0.4 is 0 Å². The van der Waals surface area contributed by atoms with Gasteiger partial charge >= 0.3 is 5.97 Å². The van der Waals surface area contributed by atoms with E-state index in [2.05, 4.69) is 24.0 Å². The number of rotatable bonds is 3. The molecule has 0 aromatic carbocycles. The van der Waals surface area contributed by atoms with Gasteiger partial charge in [0.2, 0.25) is 5.89 Å². The van der Waals surface area contributed by atoms with Crippen LogP contribution in [0.2, 0.25) is 0 Å². The van der Waals surface area contributed by atoms with Crippen molar-refractivity contribution in [3.63, 3.8) is 0 Å². The van der Waals surface area contributed by atoms with Crippen LogP contribution in [0, 0.1) is 16.7 Å². The van der Waals surface area contributed by atoms with Gasteiger partial charge in [-0.15, -0.1) is 0 Å². The molecule has 2 saturated carbocycles. The third-order valence-electron chi connectivity index (χ3n) is 4.64. The van der Waals surface area contributed by atoms with Gasteiger partial charge in [0.25, 0.3) is 0 Å². The van der Waals surface area contributed by atoms with Gasteiger partial charge in [-0.3, -0.25) is 4.79 Å². The van der Waals surface area contributed by atoms with E-state index in [4.69, 9.17) is 9.63 Å². The summed E-state index contributed by atoms with van der Waals surface area (Å²) in [4.78, 5) is 15.5. The molecule has 0 aliphatic heterocycles. The molecule has 2 fully saturated rings. The van der Waals surface area contributed by atoms with Crippen molar-refractivity contribution in [3.05, 3.63) is 11.7 Å². The summed E-state index contributed by atoms with van der Waals surface area (Å²) in [5.74, 6) is 0.264. The molecule has 5 heteroatoms. The first-order chi connectivity index (χ1) is 8.25. The molecule has 1 heterocycles. The van der Waals surface area contributed by atoms with Crippen LogP contribution in [0.4, 0.5) is 0 Å². The quantitative estimate of drug-likeness (QED) is 0.891. The van der Waals surface area contributed by atoms with E-state index in [0.29, 0.717) is 11.8 Å². The van der Waals surface area contributed by atoms with Crippen LogP contribution in [0.5, 0.6) is 0 Å². The first kappa shape index (κ1) is 11.7. The summed E-state index contributed by atoms with van der Waals surface area (Å²) in [5, 5.41) is 13.2. The van der Waals surface area contributed by atoms with Crippen molar-refractivity contribution in [1.82, 2.24) is 10.1 Å². The Hall–Kier alpha value is -1.39. The molecule has 5 nitrogen and oxygen atoms in total. The van der Waals surface area contributed by atoms with Gasteiger partial charge in [-0.05, 0) is 17.3 Å². The molecule has 3 atom stereocenters. The number of aliphatic carboxylic acids is 1. The Morgan fingerprint density at radius 2 is 2.00 bits per heavy atom. The zero-order valence-corrected chi connectivity index (χ0v) is 11.1. The van der Waals surface area contributed by atoms with Crippen molar-refractivity contribution in [2.45, 2.75) is 46.0 Å². The number of carboxylic acid groups (broad SMARTS) is 1. The van der Waals surface area contributed by atoms with E-state index >= 15 is 0 Å². The highest BCUT2D eigenvalue weighted by molar-refractivity contribution is 5.77. The molecular formula is C13H18N2O3. The van der Waals surface area contributed by atoms with Crippen molar-refractivity contribution < 1.29 is 14.4 Å². The summed E-state index contributed by atoms with van der Waals surface area (Å²) in [6.07, 6.45) is 1.07. The van der Waals surface area contributed by atoms with E-state index < -0.39 is 11.9 Å². The maximum Gasteiger partial charge on any atom is 0.307 e. The van der Waals surface area contributed by atoms with Gasteiger partial charge in [0.05, 0.1) is 11.8 Å². The Kier molecular flexibility index (Phi) is 2.03. The molecule has 98 valence electrons. The van der Waals surface area contributed by atoms with E-state index in [9.17, 15) is 4.79 Å². The highest BCUT2D eigenvalue weighted by Crippen LogP contribution is 2.64. The minimum absolute atomic E-state index is 0.141. The van der Waals surface area contributed by atoms with Gasteiger partial charge in [-0.2, -0.15) is 4.98 Å². The fraction of sp³-hybridized carbons (Fsp3) is 0.769. The number of hydrogen-bond acceptors (Lipinski definition) is 4. The molecule has 1 aromatic rings. The fourth-order valence-electron chi connectivity index (χ4n) is 2.98. The smallest absolute Gasteiger partial charge is 0.307 e. The van der Waals surface area contributed by atoms with Crippen LogP contribution >= 0.6 is 0 Å². The van der Waals surface area contributed by atoms with E-state index in [0.717, 1.165) is 12.2 Å². The standard InChI is InChI=1S/C13H18N2O3/c1-12(2)5-6(12)9-14-10(18-15-9)7-8(11(16)17)13(7,3)4/h6-8H,5H2,1-4H3,(H,16,17). The molecule has 2 aliphatic rings. The van der Waals surface area contributed by atoms with Crippen molar-refractivity contribution in [1.29, 1.82) is 0 Å². The number of nitrogens with zero attached hydrogens (tertiary/aromatic N) is 2. The molecule has 0 radical (unpaired) electrons. The molecule has 18 heavy (non-hydrogen) atoms. The summed E-state index contributed by atoms with van der Waals surface area (Å²) < 4.78 is 5.27. The molecule has 0 spiro atoms. The molecule has 1 N–H and O–H groups in total. The topological polar surface area (TPSA) is 76.2 Å². The second-order valence-electron chi connectivity index (χ2n) is 6.85. The predicted octanol–water partition coefficient (Wildman–Crippen LogP) is 2.41. The molecule has 0 amide bonds. The lowest BCUT2D eigenvalue weighted by molar-refractivity contribution is -0.139. The number of carboxylic acids is 1. The first-order valence-corrected chi connectivity index (χ1v) is 6.31. The molecule has 1 aromatic heterocycles. The fourth-order valence-corrected chi connectivity index (χ4v) is 2.98. The van der Waals surface area contributed by atoms with Gasteiger partial charge in [0.15, 0.2) is 5.82 Å². The Labute approximate surface area is 106 Å². The van der Waals surface area contributed by atoms with Crippen molar-refractivity contribution in [3.8, 4) is 0 Å². The normalized spacial score (nSPS) is 35.2. The van der Waals surface area contributed by atoms with Gasteiger partial charge in [-0.1, -0.05) is 32.9 Å². The second kappa shape index (κ2) is 3.13. The second-order valence-corrected chi connectivity index (χ2v) is 6.85. The highest BCUT2D eigenvalue weighted by atomic mass is 16.5. The minimum atomic E-state index is -0.781.